The third-order valence-corrected chi connectivity index (χ3v) is 8.33. The van der Waals surface area contributed by atoms with Crippen molar-refractivity contribution in [1.82, 2.24) is 9.78 Å². The fraction of sp³-hybridized carbons (Fsp3) is 0.241. The Balaban J connectivity index is 1.59. The summed E-state index contributed by atoms with van der Waals surface area (Å²) in [5.41, 5.74) is 3.00. The van der Waals surface area contributed by atoms with Crippen LogP contribution in [0.25, 0.3) is 5.69 Å². The summed E-state index contributed by atoms with van der Waals surface area (Å²) >= 11 is 1.66. The predicted molar refractivity (Wildman–Crippen MR) is 146 cm³/mol. The van der Waals surface area contributed by atoms with Gasteiger partial charge in [0.2, 0.25) is 5.75 Å². The summed E-state index contributed by atoms with van der Waals surface area (Å²) in [7, 11) is 4.64. The number of hydrogen-bond acceptors (Lipinski definition) is 7. The highest BCUT2D eigenvalue weighted by molar-refractivity contribution is 7.10. The molecule has 0 radical (unpaired) electrons. The molecule has 194 valence electrons. The molecule has 1 aliphatic carbocycles. The Morgan fingerprint density at radius 2 is 1.68 bits per heavy atom. The van der Waals surface area contributed by atoms with Crippen LogP contribution < -0.4 is 25.1 Å². The summed E-state index contributed by atoms with van der Waals surface area (Å²) in [6.07, 6.45) is 1.03. The smallest absolute Gasteiger partial charge is 0.277 e. The lowest BCUT2D eigenvalue weighted by atomic mass is 9.73. The SMILES string of the molecule is COc1ccc([C@H]2C3=C(C[C@H](c4cccs4)CC3=O)Nc3[nH]n(-c4ccccc4)c(=O)c32)c(OC)c1OC. The molecule has 4 aromatic rings. The van der Waals surface area contributed by atoms with Crippen molar-refractivity contribution in [3.05, 3.63) is 97.6 Å². The number of benzene rings is 2. The van der Waals surface area contributed by atoms with E-state index in [-0.39, 0.29) is 17.3 Å². The van der Waals surface area contributed by atoms with Crippen molar-refractivity contribution in [2.75, 3.05) is 26.6 Å². The molecule has 2 aliphatic rings. The second-order valence-electron chi connectivity index (χ2n) is 9.29. The van der Waals surface area contributed by atoms with Crippen LogP contribution in [0.5, 0.6) is 17.2 Å². The van der Waals surface area contributed by atoms with Crippen molar-refractivity contribution in [2.24, 2.45) is 0 Å². The molecule has 38 heavy (non-hydrogen) atoms. The summed E-state index contributed by atoms with van der Waals surface area (Å²) in [6.45, 7) is 0. The minimum Gasteiger partial charge on any atom is -0.493 e. The Labute approximate surface area is 223 Å². The normalized spacial score (nSPS) is 18.4. The first-order chi connectivity index (χ1) is 18.5. The van der Waals surface area contributed by atoms with E-state index in [0.717, 1.165) is 5.70 Å². The van der Waals surface area contributed by atoms with Gasteiger partial charge in [-0.15, -0.1) is 11.3 Å². The molecular formula is C29H27N3O5S. The van der Waals surface area contributed by atoms with E-state index >= 15 is 0 Å². The molecule has 0 saturated heterocycles. The van der Waals surface area contributed by atoms with E-state index in [1.165, 1.54) is 9.56 Å². The molecule has 0 saturated carbocycles. The van der Waals surface area contributed by atoms with E-state index in [1.54, 1.807) is 38.7 Å². The van der Waals surface area contributed by atoms with Crippen molar-refractivity contribution < 1.29 is 19.0 Å². The molecule has 9 heteroatoms. The molecule has 0 bridgehead atoms. The Hall–Kier alpha value is -4.24. The molecule has 2 aromatic heterocycles. The second-order valence-corrected chi connectivity index (χ2v) is 10.3. The molecule has 8 nitrogen and oxygen atoms in total. The molecule has 0 unspecified atom stereocenters. The van der Waals surface area contributed by atoms with Crippen LogP contribution in [-0.2, 0) is 4.79 Å². The highest BCUT2D eigenvalue weighted by Crippen LogP contribution is 2.52. The minimum absolute atomic E-state index is 0.0106. The number of carbonyl (C=O) groups is 1. The van der Waals surface area contributed by atoms with Gasteiger partial charge in [-0.1, -0.05) is 30.3 Å². The number of ether oxygens (including phenoxy) is 3. The Morgan fingerprint density at radius 3 is 2.37 bits per heavy atom. The third-order valence-electron chi connectivity index (χ3n) is 7.29. The summed E-state index contributed by atoms with van der Waals surface area (Å²) < 4.78 is 18.5. The van der Waals surface area contributed by atoms with Crippen molar-refractivity contribution in [2.45, 2.75) is 24.7 Å². The average molecular weight is 530 g/mol. The largest absolute Gasteiger partial charge is 0.493 e. The molecule has 0 spiro atoms. The topological polar surface area (TPSA) is 94.6 Å². The number of aromatic nitrogens is 2. The lowest BCUT2D eigenvalue weighted by molar-refractivity contribution is -0.116. The van der Waals surface area contributed by atoms with Crippen LogP contribution in [-0.4, -0.2) is 36.9 Å². The van der Waals surface area contributed by atoms with Crippen LogP contribution >= 0.6 is 11.3 Å². The Bertz CT molecular complexity index is 1600. The van der Waals surface area contributed by atoms with Crippen molar-refractivity contribution in [1.29, 1.82) is 0 Å². The standard InChI is InChI=1S/C29H27N3O5S/c1-35-21-12-11-18(26(36-2)27(21)37-3)23-24-19(14-16(15-20(24)33)22-10-7-13-38-22)30-28-25(23)29(34)32(31-28)17-8-5-4-6-9-17/h4-13,16,23,30-31H,14-15H2,1-3H3/t16-,23-/m0/s1. The van der Waals surface area contributed by atoms with E-state index in [4.69, 9.17) is 14.2 Å². The van der Waals surface area contributed by atoms with Crippen molar-refractivity contribution in [3.63, 3.8) is 0 Å². The van der Waals surface area contributed by atoms with Crippen LogP contribution in [0.1, 0.15) is 40.7 Å². The number of anilines is 1. The van der Waals surface area contributed by atoms with Crippen LogP contribution in [0, 0.1) is 0 Å². The van der Waals surface area contributed by atoms with Gasteiger partial charge in [-0.25, -0.2) is 4.68 Å². The van der Waals surface area contributed by atoms with Crippen LogP contribution in [0.3, 0.4) is 0 Å². The molecule has 0 amide bonds. The number of nitrogens with one attached hydrogen (secondary N) is 2. The third kappa shape index (κ3) is 3.73. The number of thiophene rings is 1. The predicted octanol–water partition coefficient (Wildman–Crippen LogP) is 5.21. The van der Waals surface area contributed by atoms with Crippen LogP contribution in [0.15, 0.2) is 76.0 Å². The van der Waals surface area contributed by atoms with Gasteiger partial charge in [0, 0.05) is 34.0 Å². The number of Topliss-reactive ketones (excluding diaryl/α,β-unsaturated/α-hetero) is 1. The number of fused-ring (bicyclic) bond motifs is 1. The molecule has 6 rings (SSSR count). The zero-order chi connectivity index (χ0) is 26.4. The first-order valence-electron chi connectivity index (χ1n) is 12.3. The lowest BCUT2D eigenvalue weighted by Crippen LogP contribution is -2.32. The van der Waals surface area contributed by atoms with Crippen LogP contribution in [0.2, 0.25) is 0 Å². The Kier molecular flexibility index (Phi) is 6.07. The minimum atomic E-state index is -0.651. The summed E-state index contributed by atoms with van der Waals surface area (Å²) in [5, 5.41) is 8.72. The highest BCUT2D eigenvalue weighted by atomic mass is 32.1. The molecule has 1 aliphatic heterocycles. The van der Waals surface area contributed by atoms with E-state index in [9.17, 15) is 9.59 Å². The number of methoxy groups -OCH3 is 3. The lowest BCUT2D eigenvalue weighted by Gasteiger charge is -2.34. The first-order valence-corrected chi connectivity index (χ1v) is 13.2. The van der Waals surface area contributed by atoms with Gasteiger partial charge >= 0.3 is 0 Å². The number of hydrogen-bond donors (Lipinski definition) is 2. The molecule has 2 N–H and O–H groups in total. The van der Waals surface area contributed by atoms with Gasteiger partial charge in [0.1, 0.15) is 5.82 Å². The van der Waals surface area contributed by atoms with E-state index < -0.39 is 5.92 Å². The quantitative estimate of drug-likeness (QED) is 0.356. The second kappa shape index (κ2) is 9.57. The van der Waals surface area contributed by atoms with E-state index in [2.05, 4.69) is 16.5 Å². The van der Waals surface area contributed by atoms with Gasteiger partial charge in [-0.2, -0.15) is 0 Å². The molecule has 2 atom stereocenters. The Morgan fingerprint density at radius 1 is 0.895 bits per heavy atom. The number of ketones is 1. The molecule has 2 aromatic carbocycles. The number of carbonyl (C=O) groups excluding carboxylic acids is 1. The first kappa shape index (κ1) is 24.1. The molecule has 3 heterocycles. The van der Waals surface area contributed by atoms with Gasteiger partial charge in [0.15, 0.2) is 17.3 Å². The van der Waals surface area contributed by atoms with Gasteiger partial charge in [-0.3, -0.25) is 14.7 Å². The number of allylic oxidation sites excluding steroid dienone is 2. The molecular weight excluding hydrogens is 502 g/mol. The van der Waals surface area contributed by atoms with Gasteiger partial charge in [0.05, 0.1) is 38.5 Å². The maximum absolute atomic E-state index is 14.0. The van der Waals surface area contributed by atoms with E-state index in [0.29, 0.717) is 58.3 Å². The number of rotatable bonds is 6. The van der Waals surface area contributed by atoms with Gasteiger partial charge in [-0.05, 0) is 36.1 Å². The fourth-order valence-corrected chi connectivity index (χ4v) is 6.47. The van der Waals surface area contributed by atoms with Crippen molar-refractivity contribution >= 4 is 22.9 Å². The number of aromatic amines is 1. The number of nitrogens with zero attached hydrogens (tertiary/aromatic N) is 1. The number of H-pyrrole nitrogens is 1. The maximum Gasteiger partial charge on any atom is 0.277 e. The van der Waals surface area contributed by atoms with Gasteiger partial charge in [0.25, 0.3) is 5.56 Å². The zero-order valence-electron chi connectivity index (χ0n) is 21.2. The highest BCUT2D eigenvalue weighted by Gasteiger charge is 2.43. The van der Waals surface area contributed by atoms with Crippen LogP contribution in [0.4, 0.5) is 5.82 Å². The summed E-state index contributed by atoms with van der Waals surface area (Å²) in [5.74, 6) is 1.34. The number of para-hydroxylation sites is 1. The molecule has 0 fully saturated rings. The summed E-state index contributed by atoms with van der Waals surface area (Å²) in [4.78, 5) is 29.0. The fourth-order valence-electron chi connectivity index (χ4n) is 5.64. The summed E-state index contributed by atoms with van der Waals surface area (Å²) in [6, 6.07) is 17.1. The van der Waals surface area contributed by atoms with Gasteiger partial charge < -0.3 is 19.5 Å². The average Bonchev–Trinajstić information content (AvgIpc) is 3.60. The van der Waals surface area contributed by atoms with Crippen molar-refractivity contribution in [3.8, 4) is 22.9 Å². The monoisotopic (exact) mass is 529 g/mol. The van der Waals surface area contributed by atoms with E-state index in [1.807, 2.05) is 47.8 Å². The maximum atomic E-state index is 14.0. The zero-order valence-corrected chi connectivity index (χ0v) is 22.1.